The summed E-state index contributed by atoms with van der Waals surface area (Å²) in [4.78, 5) is 43.4. The third kappa shape index (κ3) is 5.95. The third-order valence-corrected chi connectivity index (χ3v) is 6.26. The van der Waals surface area contributed by atoms with Crippen molar-refractivity contribution in [2.45, 2.75) is 26.3 Å². The Balaban J connectivity index is 1.81. The van der Waals surface area contributed by atoms with Crippen molar-refractivity contribution >= 4 is 29.0 Å². The highest BCUT2D eigenvalue weighted by Crippen LogP contribution is 2.34. The molecule has 0 spiro atoms. The minimum absolute atomic E-state index is 0.176. The molecule has 0 saturated heterocycles. The number of aryl methyl sites for hydroxylation is 1. The summed E-state index contributed by atoms with van der Waals surface area (Å²) in [7, 11) is 1.47. The van der Waals surface area contributed by atoms with Crippen molar-refractivity contribution in [2.24, 2.45) is 0 Å². The molecule has 4 rings (SSSR count). The number of amides is 1. The van der Waals surface area contributed by atoms with Gasteiger partial charge in [-0.05, 0) is 61.4 Å². The number of carbonyl (C=O) groups is 2. The van der Waals surface area contributed by atoms with E-state index in [1.165, 1.54) is 30.9 Å². The molecule has 8 heteroatoms. The molecule has 0 saturated carbocycles. The van der Waals surface area contributed by atoms with Crippen LogP contribution in [0.3, 0.4) is 0 Å². The van der Waals surface area contributed by atoms with E-state index >= 15 is 0 Å². The van der Waals surface area contributed by atoms with E-state index in [0.717, 1.165) is 11.1 Å². The molecule has 2 aromatic carbocycles. The number of methoxy groups -OCH3 is 1. The van der Waals surface area contributed by atoms with Gasteiger partial charge in [-0.3, -0.25) is 23.9 Å². The number of halogens is 1. The highest BCUT2D eigenvalue weighted by atomic mass is 35.5. The summed E-state index contributed by atoms with van der Waals surface area (Å²) < 4.78 is 6.97. The van der Waals surface area contributed by atoms with Crippen molar-refractivity contribution in [3.05, 3.63) is 111 Å². The van der Waals surface area contributed by atoms with Crippen LogP contribution in [0.25, 0.3) is 11.1 Å². The fourth-order valence-corrected chi connectivity index (χ4v) is 4.29. The average molecular weight is 516 g/mol. The van der Waals surface area contributed by atoms with E-state index in [1.54, 1.807) is 36.7 Å². The van der Waals surface area contributed by atoms with Gasteiger partial charge in [0.25, 0.3) is 5.56 Å². The molecule has 37 heavy (non-hydrogen) atoms. The number of aromatic nitrogens is 2. The van der Waals surface area contributed by atoms with Gasteiger partial charge >= 0.3 is 0 Å². The number of ketones is 1. The van der Waals surface area contributed by atoms with Crippen LogP contribution >= 0.6 is 11.6 Å². The first-order chi connectivity index (χ1) is 17.8. The second-order valence-electron chi connectivity index (χ2n) is 8.68. The third-order valence-electron chi connectivity index (χ3n) is 6.02. The smallest absolute Gasteiger partial charge is 0.252 e. The molecule has 2 aromatic heterocycles. The lowest BCUT2D eigenvalue weighted by Gasteiger charge is -2.22. The number of hydrogen-bond acceptors (Lipinski definition) is 5. The van der Waals surface area contributed by atoms with E-state index < -0.39 is 11.6 Å². The maximum Gasteiger partial charge on any atom is 0.252 e. The van der Waals surface area contributed by atoms with Gasteiger partial charge in [0.05, 0.1) is 13.3 Å². The van der Waals surface area contributed by atoms with Gasteiger partial charge in [0.1, 0.15) is 11.8 Å². The number of carbonyl (C=O) groups excluding carboxylic acids is 2. The fourth-order valence-electron chi connectivity index (χ4n) is 4.11. The lowest BCUT2D eigenvalue weighted by molar-refractivity contribution is -0.119. The molecule has 1 atom stereocenters. The standard InChI is InChI=1S/C29H26ClN3O4/c1-18-6-9-22(10-7-18)32-29(36)26(13-20-5-4-12-31-16-20)33-17-27(37-3)25(15-28(33)35)24-14-21(30)8-11-23(24)19(2)34/h4-12,14-17,26H,13H2,1-3H3,(H,32,36). The summed E-state index contributed by atoms with van der Waals surface area (Å²) >= 11 is 6.21. The number of benzene rings is 2. The Morgan fingerprint density at radius 3 is 2.49 bits per heavy atom. The van der Waals surface area contributed by atoms with E-state index in [9.17, 15) is 14.4 Å². The minimum Gasteiger partial charge on any atom is -0.495 e. The predicted molar refractivity (Wildman–Crippen MR) is 144 cm³/mol. The van der Waals surface area contributed by atoms with E-state index in [-0.39, 0.29) is 18.1 Å². The maximum absolute atomic E-state index is 13.5. The number of anilines is 1. The van der Waals surface area contributed by atoms with Gasteiger partial charge in [-0.15, -0.1) is 0 Å². The van der Waals surface area contributed by atoms with Crippen molar-refractivity contribution < 1.29 is 14.3 Å². The van der Waals surface area contributed by atoms with E-state index in [0.29, 0.717) is 33.1 Å². The van der Waals surface area contributed by atoms with Crippen LogP contribution < -0.4 is 15.6 Å². The number of nitrogens with zero attached hydrogens (tertiary/aromatic N) is 2. The summed E-state index contributed by atoms with van der Waals surface area (Å²) in [6.07, 6.45) is 5.03. The van der Waals surface area contributed by atoms with Crippen LogP contribution in [-0.4, -0.2) is 28.4 Å². The summed E-state index contributed by atoms with van der Waals surface area (Å²) in [6.45, 7) is 3.40. The molecule has 2 heterocycles. The molecular formula is C29H26ClN3O4. The first-order valence-corrected chi connectivity index (χ1v) is 12.0. The fraction of sp³-hybridized carbons (Fsp3) is 0.172. The Bertz CT molecular complexity index is 1500. The van der Waals surface area contributed by atoms with Crippen LogP contribution in [0.5, 0.6) is 5.75 Å². The Hall–Kier alpha value is -4.23. The molecule has 0 aliphatic rings. The van der Waals surface area contributed by atoms with Crippen LogP contribution in [-0.2, 0) is 11.2 Å². The molecule has 4 aromatic rings. The minimum atomic E-state index is -0.896. The molecule has 0 radical (unpaired) electrons. The molecule has 7 nitrogen and oxygen atoms in total. The SMILES string of the molecule is COc1cn(C(Cc2cccnc2)C(=O)Nc2ccc(C)cc2)c(=O)cc1-c1cc(Cl)ccc1C(C)=O. The van der Waals surface area contributed by atoms with Crippen molar-refractivity contribution in [3.8, 4) is 16.9 Å². The molecule has 1 unspecified atom stereocenters. The van der Waals surface area contributed by atoms with Crippen molar-refractivity contribution in [1.29, 1.82) is 0 Å². The summed E-state index contributed by atoms with van der Waals surface area (Å²) in [5.74, 6) is -0.217. The molecule has 1 amide bonds. The van der Waals surface area contributed by atoms with Gasteiger partial charge < -0.3 is 10.1 Å². The Kier molecular flexibility index (Phi) is 7.84. The molecule has 1 N–H and O–H groups in total. The lowest BCUT2D eigenvalue weighted by atomic mass is 9.97. The summed E-state index contributed by atoms with van der Waals surface area (Å²) in [5.41, 5.74) is 3.34. The Labute approximate surface area is 219 Å². The zero-order chi connectivity index (χ0) is 26.5. The maximum atomic E-state index is 13.5. The highest BCUT2D eigenvalue weighted by Gasteiger charge is 2.25. The number of hydrogen-bond donors (Lipinski definition) is 1. The molecule has 0 aliphatic carbocycles. The second kappa shape index (κ2) is 11.2. The van der Waals surface area contributed by atoms with E-state index in [4.69, 9.17) is 16.3 Å². The molecule has 0 bridgehead atoms. The van der Waals surface area contributed by atoms with Gasteiger partial charge in [0.15, 0.2) is 5.78 Å². The van der Waals surface area contributed by atoms with E-state index in [1.807, 2.05) is 37.3 Å². The van der Waals surface area contributed by atoms with Gasteiger partial charge in [-0.2, -0.15) is 0 Å². The topological polar surface area (TPSA) is 90.3 Å². The van der Waals surface area contributed by atoms with Crippen LogP contribution in [0, 0.1) is 6.92 Å². The van der Waals surface area contributed by atoms with Crippen LogP contribution in [0.2, 0.25) is 5.02 Å². The lowest BCUT2D eigenvalue weighted by Crippen LogP contribution is -2.34. The van der Waals surface area contributed by atoms with Crippen molar-refractivity contribution in [1.82, 2.24) is 9.55 Å². The monoisotopic (exact) mass is 515 g/mol. The van der Waals surface area contributed by atoms with E-state index in [2.05, 4.69) is 10.3 Å². The van der Waals surface area contributed by atoms with Gasteiger partial charge in [0, 0.05) is 46.7 Å². The van der Waals surface area contributed by atoms with Crippen molar-refractivity contribution in [2.75, 3.05) is 12.4 Å². The zero-order valence-corrected chi connectivity index (χ0v) is 21.5. The Morgan fingerprint density at radius 2 is 1.84 bits per heavy atom. The summed E-state index contributed by atoms with van der Waals surface area (Å²) in [6, 6.07) is 16.4. The predicted octanol–water partition coefficient (Wildman–Crippen LogP) is 5.51. The first-order valence-electron chi connectivity index (χ1n) is 11.6. The Morgan fingerprint density at radius 1 is 1.08 bits per heavy atom. The van der Waals surface area contributed by atoms with Crippen molar-refractivity contribution in [3.63, 3.8) is 0 Å². The number of Topliss-reactive ketones (excluding diaryl/α,β-unsaturated/α-hetero) is 1. The number of ether oxygens (including phenoxy) is 1. The van der Waals surface area contributed by atoms with Crippen LogP contribution in [0.4, 0.5) is 5.69 Å². The second-order valence-corrected chi connectivity index (χ2v) is 9.12. The molecule has 188 valence electrons. The number of nitrogens with one attached hydrogen (secondary N) is 1. The van der Waals surface area contributed by atoms with Gasteiger partial charge in [-0.25, -0.2) is 0 Å². The quantitative estimate of drug-likeness (QED) is 0.313. The van der Waals surface area contributed by atoms with Crippen LogP contribution in [0.1, 0.15) is 34.5 Å². The van der Waals surface area contributed by atoms with Gasteiger partial charge in [0.2, 0.25) is 5.91 Å². The summed E-state index contributed by atoms with van der Waals surface area (Å²) in [5, 5.41) is 3.32. The van der Waals surface area contributed by atoms with Gasteiger partial charge in [-0.1, -0.05) is 35.4 Å². The molecule has 0 aliphatic heterocycles. The normalized spacial score (nSPS) is 11.6. The number of pyridine rings is 2. The number of rotatable bonds is 8. The molecule has 0 fully saturated rings. The largest absolute Gasteiger partial charge is 0.495 e. The first kappa shape index (κ1) is 25.9. The average Bonchev–Trinajstić information content (AvgIpc) is 2.89. The highest BCUT2D eigenvalue weighted by molar-refractivity contribution is 6.31. The molecular weight excluding hydrogens is 490 g/mol. The zero-order valence-electron chi connectivity index (χ0n) is 20.7. The van der Waals surface area contributed by atoms with Crippen LogP contribution in [0.15, 0.2) is 84.0 Å².